The number of nitrogens with one attached hydrogen (secondary N) is 1. The highest BCUT2D eigenvalue weighted by molar-refractivity contribution is 7.99. The van der Waals surface area contributed by atoms with Gasteiger partial charge in [-0.25, -0.2) is 0 Å². The van der Waals surface area contributed by atoms with Crippen molar-refractivity contribution in [1.82, 2.24) is 14.8 Å². The van der Waals surface area contributed by atoms with Crippen molar-refractivity contribution >= 4 is 17.7 Å². The van der Waals surface area contributed by atoms with Crippen LogP contribution in [0.1, 0.15) is 36.0 Å². The highest BCUT2D eigenvalue weighted by Crippen LogP contribution is 2.21. The summed E-state index contributed by atoms with van der Waals surface area (Å²) in [6, 6.07) is 3.33. The predicted octanol–water partition coefficient (Wildman–Crippen LogP) is 1.81. The van der Waals surface area contributed by atoms with Crippen LogP contribution in [0.15, 0.2) is 23.1 Å². The van der Waals surface area contributed by atoms with E-state index in [2.05, 4.69) is 9.88 Å². The molecule has 1 amide bonds. The van der Waals surface area contributed by atoms with E-state index in [4.69, 9.17) is 0 Å². The number of hydrogen-bond donors (Lipinski definition) is 1. The van der Waals surface area contributed by atoms with Crippen molar-refractivity contribution < 1.29 is 4.79 Å². The van der Waals surface area contributed by atoms with E-state index in [1.165, 1.54) is 25.3 Å². The van der Waals surface area contributed by atoms with E-state index >= 15 is 0 Å². The average Bonchev–Trinajstić information content (AvgIpc) is 2.81. The minimum atomic E-state index is -0.169. The molecule has 0 aromatic carbocycles. The number of aromatic amines is 1. The van der Waals surface area contributed by atoms with E-state index < -0.39 is 0 Å². The summed E-state index contributed by atoms with van der Waals surface area (Å²) in [6.45, 7) is 4.09. The van der Waals surface area contributed by atoms with Gasteiger partial charge in [0.25, 0.3) is 5.91 Å². The number of nitrogens with zero attached hydrogens (tertiary/aromatic N) is 2. The van der Waals surface area contributed by atoms with Crippen LogP contribution in [0.2, 0.25) is 0 Å². The Morgan fingerprint density at radius 1 is 1.17 bits per heavy atom. The van der Waals surface area contributed by atoms with E-state index in [-0.39, 0.29) is 17.5 Å². The van der Waals surface area contributed by atoms with Gasteiger partial charge in [0, 0.05) is 31.1 Å². The van der Waals surface area contributed by atoms with Gasteiger partial charge >= 0.3 is 0 Å². The zero-order valence-electron chi connectivity index (χ0n) is 13.5. The summed E-state index contributed by atoms with van der Waals surface area (Å²) in [4.78, 5) is 31.3. The van der Waals surface area contributed by atoms with Crippen molar-refractivity contribution in [2.75, 3.05) is 37.7 Å². The van der Waals surface area contributed by atoms with Crippen LogP contribution in [0.5, 0.6) is 0 Å². The second kappa shape index (κ2) is 8.02. The van der Waals surface area contributed by atoms with Crippen LogP contribution in [0.4, 0.5) is 0 Å². The lowest BCUT2D eigenvalue weighted by Gasteiger charge is -2.35. The quantitative estimate of drug-likeness (QED) is 0.915. The molecule has 2 fully saturated rings. The molecular formula is C17H25N3O2S. The predicted molar refractivity (Wildman–Crippen MR) is 94.1 cm³/mol. The summed E-state index contributed by atoms with van der Waals surface area (Å²) in [5.41, 5.74) is 0.415. The lowest BCUT2D eigenvalue weighted by Crippen LogP contribution is -2.49. The van der Waals surface area contributed by atoms with Gasteiger partial charge in [0.2, 0.25) is 5.56 Å². The molecule has 2 aliphatic heterocycles. The lowest BCUT2D eigenvalue weighted by molar-refractivity contribution is 0.0645. The number of aromatic nitrogens is 1. The topological polar surface area (TPSA) is 56.4 Å². The molecule has 0 radical (unpaired) electrons. The molecule has 2 saturated heterocycles. The Balaban J connectivity index is 1.73. The molecule has 1 aromatic heterocycles. The number of amides is 1. The molecule has 0 aliphatic carbocycles. The third-order valence-electron chi connectivity index (χ3n) is 4.65. The summed E-state index contributed by atoms with van der Waals surface area (Å²) >= 11 is 1.95. The summed E-state index contributed by atoms with van der Waals surface area (Å²) < 4.78 is 0. The molecule has 0 spiro atoms. The number of H-pyrrole nitrogens is 1. The monoisotopic (exact) mass is 335 g/mol. The third kappa shape index (κ3) is 4.38. The van der Waals surface area contributed by atoms with Crippen molar-refractivity contribution in [3.05, 3.63) is 34.2 Å². The van der Waals surface area contributed by atoms with Crippen LogP contribution in [0.25, 0.3) is 0 Å². The number of hydrogen-bond acceptors (Lipinski definition) is 4. The first kappa shape index (κ1) is 16.6. The number of pyridine rings is 1. The Hall–Kier alpha value is -1.27. The first-order valence-corrected chi connectivity index (χ1v) is 9.69. The van der Waals surface area contributed by atoms with Crippen molar-refractivity contribution in [1.29, 1.82) is 0 Å². The first-order chi connectivity index (χ1) is 11.2. The van der Waals surface area contributed by atoms with Crippen LogP contribution in [-0.4, -0.2) is 64.4 Å². The maximum Gasteiger partial charge on any atom is 0.255 e. The van der Waals surface area contributed by atoms with Gasteiger partial charge in [0.05, 0.1) is 11.6 Å². The standard InChI is InChI=1S/C17H25N3O2S/c21-16-6-5-14(11-18-16)17(22)20-9-4-10-23-13-15(20)12-19-7-2-1-3-8-19/h5-6,11,15H,1-4,7-10,12-13H2,(H,18,21). The number of rotatable bonds is 3. The zero-order valence-corrected chi connectivity index (χ0v) is 14.3. The number of piperidine rings is 1. The molecule has 0 saturated carbocycles. The Labute approximate surface area is 141 Å². The first-order valence-electron chi connectivity index (χ1n) is 8.54. The van der Waals surface area contributed by atoms with Crippen LogP contribution in [0.3, 0.4) is 0 Å². The van der Waals surface area contributed by atoms with Crippen LogP contribution >= 0.6 is 11.8 Å². The smallest absolute Gasteiger partial charge is 0.255 e. The van der Waals surface area contributed by atoms with Gasteiger partial charge in [0.1, 0.15) is 0 Å². The van der Waals surface area contributed by atoms with Gasteiger partial charge < -0.3 is 14.8 Å². The highest BCUT2D eigenvalue weighted by Gasteiger charge is 2.28. The largest absolute Gasteiger partial charge is 0.333 e. The fourth-order valence-corrected chi connectivity index (χ4v) is 4.45. The maximum absolute atomic E-state index is 12.9. The van der Waals surface area contributed by atoms with Crippen molar-refractivity contribution in [2.24, 2.45) is 0 Å². The summed E-state index contributed by atoms with van der Waals surface area (Å²) in [5, 5.41) is 0. The van der Waals surface area contributed by atoms with E-state index in [1.807, 2.05) is 16.7 Å². The zero-order chi connectivity index (χ0) is 16.1. The minimum absolute atomic E-state index is 0.0470. The van der Waals surface area contributed by atoms with Crippen molar-refractivity contribution in [3.63, 3.8) is 0 Å². The number of carbonyl (C=O) groups is 1. The Kier molecular flexibility index (Phi) is 5.78. The molecule has 1 atom stereocenters. The molecule has 3 rings (SSSR count). The molecule has 0 bridgehead atoms. The van der Waals surface area contributed by atoms with E-state index in [1.54, 1.807) is 12.3 Å². The molecule has 1 unspecified atom stereocenters. The molecule has 5 nitrogen and oxygen atoms in total. The maximum atomic E-state index is 12.9. The average molecular weight is 335 g/mol. The second-order valence-electron chi connectivity index (χ2n) is 6.38. The Bertz CT molecular complexity index is 563. The van der Waals surface area contributed by atoms with Gasteiger partial charge in [0.15, 0.2) is 0 Å². The Morgan fingerprint density at radius 2 is 2.00 bits per heavy atom. The highest BCUT2D eigenvalue weighted by atomic mass is 32.2. The van der Waals surface area contributed by atoms with E-state index in [9.17, 15) is 9.59 Å². The molecule has 126 valence electrons. The molecule has 23 heavy (non-hydrogen) atoms. The fourth-order valence-electron chi connectivity index (χ4n) is 3.40. The van der Waals surface area contributed by atoms with Crippen LogP contribution in [-0.2, 0) is 0 Å². The van der Waals surface area contributed by atoms with Crippen LogP contribution in [0, 0.1) is 0 Å². The molecule has 2 aliphatic rings. The van der Waals surface area contributed by atoms with Gasteiger partial charge in [-0.2, -0.15) is 11.8 Å². The summed E-state index contributed by atoms with van der Waals surface area (Å²) in [6.07, 6.45) is 6.45. The van der Waals surface area contributed by atoms with Crippen molar-refractivity contribution in [3.8, 4) is 0 Å². The lowest BCUT2D eigenvalue weighted by atomic mass is 10.1. The summed E-state index contributed by atoms with van der Waals surface area (Å²) in [7, 11) is 0. The van der Waals surface area contributed by atoms with Gasteiger partial charge in [-0.3, -0.25) is 9.59 Å². The van der Waals surface area contributed by atoms with Crippen molar-refractivity contribution in [2.45, 2.75) is 31.7 Å². The molecule has 1 aromatic rings. The van der Waals surface area contributed by atoms with Gasteiger partial charge in [-0.15, -0.1) is 0 Å². The van der Waals surface area contributed by atoms with Crippen LogP contribution < -0.4 is 5.56 Å². The number of carbonyl (C=O) groups excluding carboxylic acids is 1. The minimum Gasteiger partial charge on any atom is -0.333 e. The molecule has 1 N–H and O–H groups in total. The second-order valence-corrected chi connectivity index (χ2v) is 7.53. The molecule has 3 heterocycles. The third-order valence-corrected chi connectivity index (χ3v) is 5.85. The molecular weight excluding hydrogens is 310 g/mol. The molecule has 6 heteroatoms. The Morgan fingerprint density at radius 3 is 2.74 bits per heavy atom. The number of likely N-dealkylation sites (tertiary alicyclic amines) is 1. The number of thioether (sulfide) groups is 1. The SMILES string of the molecule is O=C(c1ccc(=O)[nH]c1)N1CCCSCC1CN1CCCCC1. The van der Waals surface area contributed by atoms with E-state index in [0.717, 1.165) is 44.1 Å². The fraction of sp³-hybridized carbons (Fsp3) is 0.647. The summed E-state index contributed by atoms with van der Waals surface area (Å²) in [5.74, 6) is 2.17. The normalized spacial score (nSPS) is 23.5. The van der Waals surface area contributed by atoms with E-state index in [0.29, 0.717) is 5.56 Å². The van der Waals surface area contributed by atoms with Gasteiger partial charge in [-0.1, -0.05) is 6.42 Å². The van der Waals surface area contributed by atoms with Gasteiger partial charge in [-0.05, 0) is 44.2 Å².